The summed E-state index contributed by atoms with van der Waals surface area (Å²) in [6.07, 6.45) is 5.65. The van der Waals surface area contributed by atoms with Gasteiger partial charge in [0.15, 0.2) is 0 Å². The standard InChI is InChI=1S/C16H27N3O/c1-4-9-17-13(2)16-8-7-15(12-18-16)20-11-10-19(3)14-5-6-14/h7-8,12-14,17H,4-6,9-11H2,1-3H3. The number of ether oxygens (including phenoxy) is 1. The Labute approximate surface area is 122 Å². The van der Waals surface area contributed by atoms with E-state index in [1.807, 2.05) is 18.3 Å². The molecule has 1 fully saturated rings. The number of hydrogen-bond donors (Lipinski definition) is 1. The molecule has 0 amide bonds. The normalized spacial score (nSPS) is 16.4. The van der Waals surface area contributed by atoms with E-state index in [0.717, 1.165) is 43.6 Å². The third kappa shape index (κ3) is 4.76. The van der Waals surface area contributed by atoms with Crippen LogP contribution in [0.5, 0.6) is 5.75 Å². The average Bonchev–Trinajstić information content (AvgIpc) is 3.30. The van der Waals surface area contributed by atoms with Gasteiger partial charge in [-0.05, 0) is 51.9 Å². The molecule has 0 bridgehead atoms. The van der Waals surface area contributed by atoms with E-state index >= 15 is 0 Å². The van der Waals surface area contributed by atoms with E-state index in [0.29, 0.717) is 6.04 Å². The first-order valence-electron chi connectivity index (χ1n) is 7.73. The Kier molecular flexibility index (Phi) is 5.80. The highest BCUT2D eigenvalue weighted by Gasteiger charge is 2.25. The molecule has 1 aliphatic rings. The quantitative estimate of drug-likeness (QED) is 0.753. The van der Waals surface area contributed by atoms with Crippen LogP contribution in [-0.4, -0.2) is 42.7 Å². The second-order valence-electron chi connectivity index (χ2n) is 5.65. The fraction of sp³-hybridized carbons (Fsp3) is 0.688. The summed E-state index contributed by atoms with van der Waals surface area (Å²) in [6.45, 7) is 7.05. The molecule has 112 valence electrons. The van der Waals surface area contributed by atoms with Crippen molar-refractivity contribution in [2.45, 2.75) is 45.2 Å². The Morgan fingerprint density at radius 2 is 2.25 bits per heavy atom. The number of aromatic nitrogens is 1. The molecule has 1 atom stereocenters. The van der Waals surface area contributed by atoms with Crippen molar-refractivity contribution in [3.05, 3.63) is 24.0 Å². The van der Waals surface area contributed by atoms with Crippen molar-refractivity contribution in [3.8, 4) is 5.75 Å². The number of hydrogen-bond acceptors (Lipinski definition) is 4. The molecule has 20 heavy (non-hydrogen) atoms. The first-order chi connectivity index (χ1) is 9.70. The Balaban J connectivity index is 1.72. The highest BCUT2D eigenvalue weighted by molar-refractivity contribution is 5.21. The molecule has 1 heterocycles. The number of rotatable bonds is 9. The minimum Gasteiger partial charge on any atom is -0.491 e. The van der Waals surface area contributed by atoms with E-state index in [1.165, 1.54) is 12.8 Å². The van der Waals surface area contributed by atoms with Gasteiger partial charge in [-0.15, -0.1) is 0 Å². The summed E-state index contributed by atoms with van der Waals surface area (Å²) in [5.41, 5.74) is 1.07. The van der Waals surface area contributed by atoms with Crippen molar-refractivity contribution in [2.75, 3.05) is 26.7 Å². The zero-order valence-corrected chi connectivity index (χ0v) is 12.9. The molecule has 0 spiro atoms. The van der Waals surface area contributed by atoms with Crippen molar-refractivity contribution < 1.29 is 4.74 Å². The van der Waals surface area contributed by atoms with Gasteiger partial charge in [0.1, 0.15) is 12.4 Å². The molecular weight excluding hydrogens is 250 g/mol. The Hall–Kier alpha value is -1.13. The topological polar surface area (TPSA) is 37.4 Å². The molecular formula is C16H27N3O. The number of likely N-dealkylation sites (N-methyl/N-ethyl adjacent to an activating group) is 1. The summed E-state index contributed by atoms with van der Waals surface area (Å²) in [7, 11) is 2.17. The van der Waals surface area contributed by atoms with E-state index in [4.69, 9.17) is 4.74 Å². The maximum absolute atomic E-state index is 5.75. The molecule has 0 saturated heterocycles. The first kappa shape index (κ1) is 15.3. The van der Waals surface area contributed by atoms with Crippen molar-refractivity contribution in [1.82, 2.24) is 15.2 Å². The molecule has 1 aliphatic carbocycles. The van der Waals surface area contributed by atoms with Gasteiger partial charge in [-0.3, -0.25) is 4.98 Å². The predicted octanol–water partition coefficient (Wildman–Crippen LogP) is 2.62. The largest absolute Gasteiger partial charge is 0.491 e. The van der Waals surface area contributed by atoms with E-state index < -0.39 is 0 Å². The minimum atomic E-state index is 0.296. The lowest BCUT2D eigenvalue weighted by Crippen LogP contribution is -2.26. The van der Waals surface area contributed by atoms with Gasteiger partial charge in [-0.2, -0.15) is 0 Å². The summed E-state index contributed by atoms with van der Waals surface area (Å²) in [5, 5.41) is 3.44. The molecule has 0 radical (unpaired) electrons. The Morgan fingerprint density at radius 1 is 1.45 bits per heavy atom. The monoisotopic (exact) mass is 277 g/mol. The summed E-state index contributed by atoms with van der Waals surface area (Å²) in [5.74, 6) is 0.862. The molecule has 4 nitrogen and oxygen atoms in total. The SMILES string of the molecule is CCCNC(C)c1ccc(OCCN(C)C2CC2)cn1. The van der Waals surface area contributed by atoms with E-state index in [1.54, 1.807) is 0 Å². The van der Waals surface area contributed by atoms with Crippen LogP contribution in [0.15, 0.2) is 18.3 Å². The maximum atomic E-state index is 5.75. The number of pyridine rings is 1. The summed E-state index contributed by atoms with van der Waals surface area (Å²) >= 11 is 0. The summed E-state index contributed by atoms with van der Waals surface area (Å²) < 4.78 is 5.75. The fourth-order valence-corrected chi connectivity index (χ4v) is 2.20. The van der Waals surface area contributed by atoms with Gasteiger partial charge >= 0.3 is 0 Å². The second-order valence-corrected chi connectivity index (χ2v) is 5.65. The third-order valence-corrected chi connectivity index (χ3v) is 3.79. The first-order valence-corrected chi connectivity index (χ1v) is 7.73. The van der Waals surface area contributed by atoms with Gasteiger partial charge in [-0.25, -0.2) is 0 Å². The van der Waals surface area contributed by atoms with Gasteiger partial charge in [0, 0.05) is 18.6 Å². The zero-order valence-electron chi connectivity index (χ0n) is 12.9. The molecule has 1 saturated carbocycles. The molecule has 1 N–H and O–H groups in total. The van der Waals surface area contributed by atoms with Crippen LogP contribution in [0.1, 0.15) is 44.8 Å². The minimum absolute atomic E-state index is 0.296. The molecule has 1 unspecified atom stereocenters. The van der Waals surface area contributed by atoms with Crippen molar-refractivity contribution in [1.29, 1.82) is 0 Å². The molecule has 0 aliphatic heterocycles. The lowest BCUT2D eigenvalue weighted by molar-refractivity contribution is 0.231. The van der Waals surface area contributed by atoms with Crippen LogP contribution in [0.2, 0.25) is 0 Å². The van der Waals surface area contributed by atoms with Crippen molar-refractivity contribution in [3.63, 3.8) is 0 Å². The zero-order chi connectivity index (χ0) is 14.4. The van der Waals surface area contributed by atoms with Gasteiger partial charge in [0.25, 0.3) is 0 Å². The average molecular weight is 277 g/mol. The van der Waals surface area contributed by atoms with Gasteiger partial charge in [0.2, 0.25) is 0 Å². The maximum Gasteiger partial charge on any atom is 0.137 e. The van der Waals surface area contributed by atoms with Crippen LogP contribution in [0.4, 0.5) is 0 Å². The highest BCUT2D eigenvalue weighted by atomic mass is 16.5. The van der Waals surface area contributed by atoms with Gasteiger partial charge in [-0.1, -0.05) is 6.92 Å². The molecule has 0 aromatic carbocycles. The van der Waals surface area contributed by atoms with Gasteiger partial charge in [0.05, 0.1) is 11.9 Å². The predicted molar refractivity (Wildman–Crippen MR) is 82.1 cm³/mol. The Morgan fingerprint density at radius 3 is 2.85 bits per heavy atom. The lowest BCUT2D eigenvalue weighted by Gasteiger charge is -2.16. The molecule has 1 aromatic rings. The van der Waals surface area contributed by atoms with Crippen LogP contribution in [0.25, 0.3) is 0 Å². The van der Waals surface area contributed by atoms with E-state index in [2.05, 4.69) is 36.1 Å². The third-order valence-electron chi connectivity index (χ3n) is 3.79. The lowest BCUT2D eigenvalue weighted by atomic mass is 10.2. The van der Waals surface area contributed by atoms with Crippen LogP contribution < -0.4 is 10.1 Å². The van der Waals surface area contributed by atoms with Crippen LogP contribution in [-0.2, 0) is 0 Å². The van der Waals surface area contributed by atoms with Crippen LogP contribution in [0.3, 0.4) is 0 Å². The van der Waals surface area contributed by atoms with Crippen LogP contribution >= 0.6 is 0 Å². The summed E-state index contributed by atoms with van der Waals surface area (Å²) in [4.78, 5) is 6.85. The number of nitrogens with one attached hydrogen (secondary N) is 1. The number of nitrogens with zero attached hydrogens (tertiary/aromatic N) is 2. The smallest absolute Gasteiger partial charge is 0.137 e. The second kappa shape index (κ2) is 7.60. The van der Waals surface area contributed by atoms with Crippen molar-refractivity contribution in [2.24, 2.45) is 0 Å². The van der Waals surface area contributed by atoms with Gasteiger partial charge < -0.3 is 15.0 Å². The van der Waals surface area contributed by atoms with E-state index in [-0.39, 0.29) is 0 Å². The highest BCUT2D eigenvalue weighted by Crippen LogP contribution is 2.24. The Bertz CT molecular complexity index is 389. The van der Waals surface area contributed by atoms with E-state index in [9.17, 15) is 0 Å². The summed E-state index contributed by atoms with van der Waals surface area (Å²) in [6, 6.07) is 5.16. The van der Waals surface area contributed by atoms with Crippen LogP contribution in [0, 0.1) is 0 Å². The van der Waals surface area contributed by atoms with Crippen molar-refractivity contribution >= 4 is 0 Å². The fourth-order valence-electron chi connectivity index (χ4n) is 2.20. The molecule has 1 aromatic heterocycles. The molecule has 4 heteroatoms. The molecule has 2 rings (SSSR count).